The molecule has 8 heteroatoms. The number of carboxylic acid groups (broad SMARTS) is 1. The Hall–Kier alpha value is -2.15. The van der Waals surface area contributed by atoms with Gasteiger partial charge >= 0.3 is 6.09 Å². The molecule has 128 valence electrons. The number of likely N-dealkylation sites (tertiary alicyclic amines) is 1. The highest BCUT2D eigenvalue weighted by atomic mass is 35.5. The molecule has 1 aliphatic rings. The molecule has 24 heavy (non-hydrogen) atoms. The molecule has 0 aliphatic carbocycles. The van der Waals surface area contributed by atoms with E-state index >= 15 is 0 Å². The Labute approximate surface area is 145 Å². The van der Waals surface area contributed by atoms with Gasteiger partial charge in [0.2, 0.25) is 5.28 Å². The van der Waals surface area contributed by atoms with Gasteiger partial charge in [-0.05, 0) is 29.9 Å². The maximum atomic E-state index is 11.8. The largest absolute Gasteiger partial charge is 0.465 e. The van der Waals surface area contributed by atoms with Gasteiger partial charge in [-0.3, -0.25) is 4.90 Å². The molecule has 0 radical (unpaired) electrons. The first-order valence-electron chi connectivity index (χ1n) is 7.81. The third-order valence-electron chi connectivity index (χ3n) is 4.45. The number of nitrogens with zero attached hydrogens (tertiary/aromatic N) is 4. The van der Waals surface area contributed by atoms with Crippen LogP contribution in [0.1, 0.15) is 45.5 Å². The van der Waals surface area contributed by atoms with E-state index in [4.69, 9.17) is 11.6 Å². The van der Waals surface area contributed by atoms with Crippen molar-refractivity contribution in [2.24, 2.45) is 5.41 Å². The van der Waals surface area contributed by atoms with Crippen molar-refractivity contribution in [3.05, 3.63) is 29.7 Å². The Balaban J connectivity index is 1.89. The second-order valence-electron chi connectivity index (χ2n) is 7.09. The van der Waals surface area contributed by atoms with Gasteiger partial charge in [0, 0.05) is 24.0 Å². The highest BCUT2D eigenvalue weighted by Gasteiger charge is 2.44. The molecule has 2 aromatic rings. The fraction of sp³-hybridized carbons (Fsp3) is 0.500. The topological polar surface area (TPSA) is 95.0 Å². The maximum absolute atomic E-state index is 11.8. The lowest BCUT2D eigenvalue weighted by atomic mass is 9.85. The normalized spacial score (nSPS) is 21.2. The fourth-order valence-electron chi connectivity index (χ4n) is 3.30. The highest BCUT2D eigenvalue weighted by Crippen LogP contribution is 2.42. The zero-order valence-electron chi connectivity index (χ0n) is 13.8. The molecular formula is C16H20ClN5O2. The number of nitrogens with one attached hydrogen (secondary N) is 1. The first kappa shape index (κ1) is 16.7. The number of hydrogen-bond acceptors (Lipinski definition) is 4. The molecule has 2 unspecified atom stereocenters. The summed E-state index contributed by atoms with van der Waals surface area (Å²) >= 11 is 5.70. The molecule has 7 nitrogen and oxygen atoms in total. The van der Waals surface area contributed by atoms with Crippen LogP contribution in [0.4, 0.5) is 4.79 Å². The number of imidazole rings is 1. The summed E-state index contributed by atoms with van der Waals surface area (Å²) in [5, 5.41) is 9.86. The van der Waals surface area contributed by atoms with E-state index in [0.717, 1.165) is 24.1 Å². The zero-order valence-corrected chi connectivity index (χ0v) is 14.6. The van der Waals surface area contributed by atoms with Crippen LogP contribution in [0.2, 0.25) is 5.28 Å². The fourth-order valence-corrected chi connectivity index (χ4v) is 3.40. The number of aromatic nitrogens is 4. The van der Waals surface area contributed by atoms with E-state index in [2.05, 4.69) is 40.7 Å². The van der Waals surface area contributed by atoms with Gasteiger partial charge in [-0.1, -0.05) is 20.8 Å². The quantitative estimate of drug-likeness (QED) is 0.805. The number of amides is 1. The van der Waals surface area contributed by atoms with Gasteiger partial charge in [-0.15, -0.1) is 0 Å². The lowest BCUT2D eigenvalue weighted by Crippen LogP contribution is -2.43. The minimum absolute atomic E-state index is 0.0348. The third-order valence-corrected chi connectivity index (χ3v) is 4.64. The Bertz CT molecular complexity index is 738. The second-order valence-corrected chi connectivity index (χ2v) is 7.43. The van der Waals surface area contributed by atoms with Crippen molar-refractivity contribution in [3.63, 3.8) is 0 Å². The van der Waals surface area contributed by atoms with Crippen LogP contribution in [0.25, 0.3) is 11.3 Å². The predicted octanol–water partition coefficient (Wildman–Crippen LogP) is 3.75. The van der Waals surface area contributed by atoms with E-state index in [1.165, 1.54) is 4.90 Å². The average Bonchev–Trinajstić information content (AvgIpc) is 3.14. The standard InChI is InChI=1S/C16H20ClN5O2/c1-16(2,3)12-5-4-11(22(12)15(23)24)13-18-8-10(21-13)9-6-19-14(17)20-7-9/h6-8,11-12H,4-5H2,1-3H3,(H,18,21)(H,23,24). The monoisotopic (exact) mass is 349 g/mol. The third kappa shape index (κ3) is 3.08. The smallest absolute Gasteiger partial charge is 0.408 e. The highest BCUT2D eigenvalue weighted by molar-refractivity contribution is 6.28. The number of carbonyl (C=O) groups is 1. The summed E-state index contributed by atoms with van der Waals surface area (Å²) in [6.07, 6.45) is 5.54. The molecule has 0 saturated carbocycles. The van der Waals surface area contributed by atoms with Crippen molar-refractivity contribution in [1.82, 2.24) is 24.8 Å². The molecule has 1 saturated heterocycles. The van der Waals surface area contributed by atoms with E-state index in [-0.39, 0.29) is 22.8 Å². The molecule has 0 bridgehead atoms. The Morgan fingerprint density at radius 1 is 1.25 bits per heavy atom. The summed E-state index contributed by atoms with van der Waals surface area (Å²) in [5.74, 6) is 0.647. The molecule has 3 heterocycles. The van der Waals surface area contributed by atoms with Gasteiger partial charge in [-0.2, -0.15) is 0 Å². The lowest BCUT2D eigenvalue weighted by molar-refractivity contribution is 0.0851. The van der Waals surface area contributed by atoms with Crippen molar-refractivity contribution in [2.45, 2.75) is 45.7 Å². The van der Waals surface area contributed by atoms with E-state index in [1.54, 1.807) is 18.6 Å². The van der Waals surface area contributed by atoms with Gasteiger partial charge in [0.1, 0.15) is 5.82 Å². The first-order chi connectivity index (χ1) is 11.3. The summed E-state index contributed by atoms with van der Waals surface area (Å²) in [5.41, 5.74) is 1.38. The van der Waals surface area contributed by atoms with Crippen molar-refractivity contribution < 1.29 is 9.90 Å². The summed E-state index contributed by atoms with van der Waals surface area (Å²) < 4.78 is 0. The van der Waals surface area contributed by atoms with Gasteiger partial charge in [-0.25, -0.2) is 19.7 Å². The Kier molecular flexibility index (Phi) is 4.21. The second kappa shape index (κ2) is 6.05. The number of hydrogen-bond donors (Lipinski definition) is 2. The average molecular weight is 350 g/mol. The zero-order chi connectivity index (χ0) is 17.5. The van der Waals surface area contributed by atoms with Gasteiger partial charge < -0.3 is 10.1 Å². The van der Waals surface area contributed by atoms with Crippen LogP contribution < -0.4 is 0 Å². The SMILES string of the molecule is CC(C)(C)C1CCC(c2ncc(-c3cnc(Cl)nc3)[nH]2)N1C(=O)O. The molecule has 1 aliphatic heterocycles. The molecule has 2 N–H and O–H groups in total. The molecule has 3 rings (SSSR count). The minimum Gasteiger partial charge on any atom is -0.465 e. The number of aromatic amines is 1. The van der Waals surface area contributed by atoms with Gasteiger partial charge in [0.05, 0.1) is 17.9 Å². The first-order valence-corrected chi connectivity index (χ1v) is 8.19. The van der Waals surface area contributed by atoms with Gasteiger partial charge in [0.15, 0.2) is 0 Å². The summed E-state index contributed by atoms with van der Waals surface area (Å²) in [4.78, 5) is 28.8. The Morgan fingerprint density at radius 2 is 1.92 bits per heavy atom. The lowest BCUT2D eigenvalue weighted by Gasteiger charge is -2.35. The molecule has 1 fully saturated rings. The van der Waals surface area contributed by atoms with E-state index in [1.807, 2.05) is 0 Å². The minimum atomic E-state index is -0.912. The van der Waals surface area contributed by atoms with Crippen LogP contribution in [0, 0.1) is 5.41 Å². The maximum Gasteiger partial charge on any atom is 0.408 e. The summed E-state index contributed by atoms with van der Waals surface area (Å²) in [6, 6.07) is -0.305. The summed E-state index contributed by atoms with van der Waals surface area (Å²) in [7, 11) is 0. The van der Waals surface area contributed by atoms with Crippen molar-refractivity contribution in [3.8, 4) is 11.3 Å². The molecule has 2 atom stereocenters. The van der Waals surface area contributed by atoms with Crippen LogP contribution in [-0.4, -0.2) is 42.1 Å². The van der Waals surface area contributed by atoms with Crippen LogP contribution in [0.5, 0.6) is 0 Å². The van der Waals surface area contributed by atoms with Crippen LogP contribution >= 0.6 is 11.6 Å². The van der Waals surface area contributed by atoms with Crippen LogP contribution in [0.3, 0.4) is 0 Å². The van der Waals surface area contributed by atoms with Crippen LogP contribution in [0.15, 0.2) is 18.6 Å². The van der Waals surface area contributed by atoms with E-state index < -0.39 is 6.09 Å². The van der Waals surface area contributed by atoms with Crippen molar-refractivity contribution >= 4 is 17.7 Å². The van der Waals surface area contributed by atoms with E-state index in [0.29, 0.717) is 5.82 Å². The molecule has 1 amide bonds. The van der Waals surface area contributed by atoms with Crippen molar-refractivity contribution in [2.75, 3.05) is 0 Å². The molecule has 0 aromatic carbocycles. The number of H-pyrrole nitrogens is 1. The summed E-state index contributed by atoms with van der Waals surface area (Å²) in [6.45, 7) is 6.19. The molecule has 0 spiro atoms. The van der Waals surface area contributed by atoms with Gasteiger partial charge in [0.25, 0.3) is 0 Å². The number of halogens is 1. The molecular weight excluding hydrogens is 330 g/mol. The Morgan fingerprint density at radius 3 is 2.50 bits per heavy atom. The molecule has 2 aromatic heterocycles. The van der Waals surface area contributed by atoms with Crippen molar-refractivity contribution in [1.29, 1.82) is 0 Å². The van der Waals surface area contributed by atoms with Crippen LogP contribution in [-0.2, 0) is 0 Å². The van der Waals surface area contributed by atoms with E-state index in [9.17, 15) is 9.90 Å². The number of rotatable bonds is 2. The predicted molar refractivity (Wildman–Crippen MR) is 89.7 cm³/mol.